The van der Waals surface area contributed by atoms with Crippen molar-refractivity contribution in [2.45, 2.75) is 53.1 Å². The zero-order valence-electron chi connectivity index (χ0n) is 10.4. The van der Waals surface area contributed by atoms with Crippen molar-refractivity contribution < 1.29 is 0 Å². The lowest BCUT2D eigenvalue weighted by atomic mass is 9.91. The van der Waals surface area contributed by atoms with Crippen molar-refractivity contribution in [2.24, 2.45) is 5.41 Å². The third kappa shape index (κ3) is 3.58. The van der Waals surface area contributed by atoms with Gasteiger partial charge in [-0.2, -0.15) is 0 Å². The first kappa shape index (κ1) is 12.0. The Morgan fingerprint density at radius 2 is 1.64 bits per heavy atom. The third-order valence-corrected chi connectivity index (χ3v) is 3.13. The molecule has 1 saturated heterocycles. The predicted octanol–water partition coefficient (Wildman–Crippen LogP) is 2.10. The van der Waals surface area contributed by atoms with E-state index >= 15 is 0 Å². The van der Waals surface area contributed by atoms with Gasteiger partial charge in [-0.25, -0.2) is 0 Å². The van der Waals surface area contributed by atoms with Crippen molar-refractivity contribution in [3.8, 4) is 0 Å². The van der Waals surface area contributed by atoms with E-state index in [1.807, 2.05) is 0 Å². The van der Waals surface area contributed by atoms with E-state index in [9.17, 15) is 0 Å². The Morgan fingerprint density at radius 1 is 1.14 bits per heavy atom. The molecule has 84 valence electrons. The molecule has 2 heteroatoms. The normalized spacial score (nSPS) is 30.6. The largest absolute Gasteiger partial charge is 0.314 e. The topological polar surface area (TPSA) is 15.3 Å². The van der Waals surface area contributed by atoms with Gasteiger partial charge < -0.3 is 5.32 Å². The molecule has 0 bridgehead atoms. The summed E-state index contributed by atoms with van der Waals surface area (Å²) in [5.74, 6) is 0. The molecule has 0 aromatic rings. The molecule has 1 heterocycles. The van der Waals surface area contributed by atoms with Gasteiger partial charge in [-0.1, -0.05) is 20.8 Å². The van der Waals surface area contributed by atoms with Crippen molar-refractivity contribution in [3.63, 3.8) is 0 Å². The molecule has 2 unspecified atom stereocenters. The summed E-state index contributed by atoms with van der Waals surface area (Å²) in [5.41, 5.74) is 0.463. The van der Waals surface area contributed by atoms with E-state index in [0.29, 0.717) is 17.5 Å². The lowest BCUT2D eigenvalue weighted by Gasteiger charge is -2.40. The van der Waals surface area contributed by atoms with Crippen LogP contribution in [-0.4, -0.2) is 36.6 Å². The van der Waals surface area contributed by atoms with E-state index < -0.39 is 0 Å². The summed E-state index contributed by atoms with van der Waals surface area (Å²) in [6.45, 7) is 15.2. The molecule has 0 saturated carbocycles. The average Bonchev–Trinajstić information content (AvgIpc) is 2.01. The van der Waals surface area contributed by atoms with Crippen LogP contribution in [0.15, 0.2) is 0 Å². The Morgan fingerprint density at radius 3 is 2.07 bits per heavy atom. The maximum absolute atomic E-state index is 3.47. The van der Waals surface area contributed by atoms with Crippen LogP contribution in [0.3, 0.4) is 0 Å². The van der Waals surface area contributed by atoms with Gasteiger partial charge in [0.05, 0.1) is 0 Å². The first-order valence-electron chi connectivity index (χ1n) is 5.86. The van der Waals surface area contributed by atoms with Gasteiger partial charge in [0.2, 0.25) is 0 Å². The fourth-order valence-electron chi connectivity index (χ4n) is 2.08. The minimum atomic E-state index is 0.463. The molecule has 14 heavy (non-hydrogen) atoms. The van der Waals surface area contributed by atoms with Crippen LogP contribution in [0, 0.1) is 5.41 Å². The summed E-state index contributed by atoms with van der Waals surface area (Å²) in [6.07, 6.45) is 1.29. The Kier molecular flexibility index (Phi) is 3.96. The van der Waals surface area contributed by atoms with E-state index in [0.717, 1.165) is 13.1 Å². The molecule has 1 aliphatic rings. The molecule has 2 atom stereocenters. The molecular formula is C12H26N2. The van der Waals surface area contributed by atoms with Crippen molar-refractivity contribution in [1.29, 1.82) is 0 Å². The Balaban J connectivity index is 2.40. The summed E-state index contributed by atoms with van der Waals surface area (Å²) in [5, 5.41) is 3.47. The summed E-state index contributed by atoms with van der Waals surface area (Å²) >= 11 is 0. The highest BCUT2D eigenvalue weighted by molar-refractivity contribution is 4.83. The first-order valence-corrected chi connectivity index (χ1v) is 5.86. The molecule has 0 aromatic carbocycles. The standard InChI is InChI=1S/C12H26N2/c1-10-8-13-9-11(2)14(10)7-6-12(3,4)5/h10-11,13H,6-9H2,1-5H3. The average molecular weight is 198 g/mol. The summed E-state index contributed by atoms with van der Waals surface area (Å²) in [7, 11) is 0. The van der Waals surface area contributed by atoms with Crippen LogP contribution in [0.25, 0.3) is 0 Å². The quantitative estimate of drug-likeness (QED) is 0.731. The minimum Gasteiger partial charge on any atom is -0.314 e. The Labute approximate surface area is 89.1 Å². The van der Waals surface area contributed by atoms with Crippen molar-refractivity contribution in [1.82, 2.24) is 10.2 Å². The Hall–Kier alpha value is -0.0800. The number of hydrogen-bond donors (Lipinski definition) is 1. The molecular weight excluding hydrogens is 172 g/mol. The van der Waals surface area contributed by atoms with Crippen molar-refractivity contribution in [3.05, 3.63) is 0 Å². The van der Waals surface area contributed by atoms with E-state index in [2.05, 4.69) is 44.8 Å². The maximum Gasteiger partial charge on any atom is 0.0195 e. The van der Waals surface area contributed by atoms with Crippen LogP contribution in [0.4, 0.5) is 0 Å². The number of piperazine rings is 1. The monoisotopic (exact) mass is 198 g/mol. The van der Waals surface area contributed by atoms with Gasteiger partial charge in [0.15, 0.2) is 0 Å². The van der Waals surface area contributed by atoms with Gasteiger partial charge in [0, 0.05) is 25.2 Å². The second kappa shape index (κ2) is 4.63. The summed E-state index contributed by atoms with van der Waals surface area (Å²) in [6, 6.07) is 1.39. The highest BCUT2D eigenvalue weighted by Crippen LogP contribution is 2.21. The van der Waals surface area contributed by atoms with Crippen LogP contribution in [0.2, 0.25) is 0 Å². The fourth-order valence-corrected chi connectivity index (χ4v) is 2.08. The lowest BCUT2D eigenvalue weighted by Crippen LogP contribution is -2.55. The number of hydrogen-bond acceptors (Lipinski definition) is 2. The fraction of sp³-hybridized carbons (Fsp3) is 1.00. The van der Waals surface area contributed by atoms with Gasteiger partial charge in [-0.05, 0) is 32.2 Å². The molecule has 0 amide bonds. The van der Waals surface area contributed by atoms with Gasteiger partial charge >= 0.3 is 0 Å². The molecule has 1 aliphatic heterocycles. The number of rotatable bonds is 2. The zero-order valence-corrected chi connectivity index (χ0v) is 10.4. The lowest BCUT2D eigenvalue weighted by molar-refractivity contribution is 0.102. The number of nitrogens with zero attached hydrogens (tertiary/aromatic N) is 1. The molecule has 1 rings (SSSR count). The summed E-state index contributed by atoms with van der Waals surface area (Å²) < 4.78 is 0. The van der Waals surface area contributed by atoms with Gasteiger partial charge in [-0.3, -0.25) is 4.90 Å². The van der Waals surface area contributed by atoms with Gasteiger partial charge in [-0.15, -0.1) is 0 Å². The second-order valence-corrected chi connectivity index (χ2v) is 5.90. The highest BCUT2D eigenvalue weighted by atomic mass is 15.2. The van der Waals surface area contributed by atoms with Crippen LogP contribution < -0.4 is 5.32 Å². The summed E-state index contributed by atoms with van der Waals surface area (Å²) in [4.78, 5) is 2.64. The molecule has 0 aromatic heterocycles. The Bertz CT molecular complexity index is 162. The first-order chi connectivity index (χ1) is 6.40. The van der Waals surface area contributed by atoms with Crippen molar-refractivity contribution >= 4 is 0 Å². The molecule has 2 nitrogen and oxygen atoms in total. The maximum atomic E-state index is 3.47. The predicted molar refractivity (Wildman–Crippen MR) is 62.6 cm³/mol. The van der Waals surface area contributed by atoms with E-state index in [4.69, 9.17) is 0 Å². The van der Waals surface area contributed by atoms with E-state index in [1.54, 1.807) is 0 Å². The van der Waals surface area contributed by atoms with Crippen molar-refractivity contribution in [2.75, 3.05) is 19.6 Å². The number of nitrogens with one attached hydrogen (secondary N) is 1. The molecule has 0 aliphatic carbocycles. The smallest absolute Gasteiger partial charge is 0.0195 e. The van der Waals surface area contributed by atoms with Crippen LogP contribution in [0.5, 0.6) is 0 Å². The molecule has 1 fully saturated rings. The SMILES string of the molecule is CC1CNCC(C)N1CCC(C)(C)C. The zero-order chi connectivity index (χ0) is 10.8. The van der Waals surface area contributed by atoms with Gasteiger partial charge in [0.1, 0.15) is 0 Å². The van der Waals surface area contributed by atoms with Gasteiger partial charge in [0.25, 0.3) is 0 Å². The molecule has 1 N–H and O–H groups in total. The highest BCUT2D eigenvalue weighted by Gasteiger charge is 2.25. The van der Waals surface area contributed by atoms with Crippen LogP contribution in [0.1, 0.15) is 41.0 Å². The van der Waals surface area contributed by atoms with E-state index in [1.165, 1.54) is 13.0 Å². The molecule has 0 radical (unpaired) electrons. The van der Waals surface area contributed by atoms with Crippen LogP contribution >= 0.6 is 0 Å². The molecule has 0 spiro atoms. The second-order valence-electron chi connectivity index (χ2n) is 5.90. The van der Waals surface area contributed by atoms with Crippen LogP contribution in [-0.2, 0) is 0 Å². The van der Waals surface area contributed by atoms with E-state index in [-0.39, 0.29) is 0 Å². The third-order valence-electron chi connectivity index (χ3n) is 3.13. The minimum absolute atomic E-state index is 0.463.